The van der Waals surface area contributed by atoms with Gasteiger partial charge in [0.25, 0.3) is 0 Å². The molecule has 0 radical (unpaired) electrons. The summed E-state index contributed by atoms with van der Waals surface area (Å²) in [6.07, 6.45) is 7.13. The summed E-state index contributed by atoms with van der Waals surface area (Å²) in [5.41, 5.74) is 1.31. The molecule has 0 aliphatic carbocycles. The Kier molecular flexibility index (Phi) is 3.16. The van der Waals surface area contributed by atoms with Crippen molar-refractivity contribution < 1.29 is 0 Å². The molecule has 2 aliphatic rings. The van der Waals surface area contributed by atoms with E-state index in [9.17, 15) is 0 Å². The highest BCUT2D eigenvalue weighted by molar-refractivity contribution is 5.08. The first-order valence-corrected chi connectivity index (χ1v) is 6.78. The summed E-state index contributed by atoms with van der Waals surface area (Å²) in [6, 6.07) is 3.51. The Morgan fingerprint density at radius 1 is 1.24 bits per heavy atom. The highest BCUT2D eigenvalue weighted by Crippen LogP contribution is 2.34. The third-order valence-corrected chi connectivity index (χ3v) is 4.33. The third kappa shape index (κ3) is 2.24. The Labute approximate surface area is 103 Å². The first kappa shape index (κ1) is 11.2. The minimum Gasteiger partial charge on any atom is -0.306 e. The van der Waals surface area contributed by atoms with Crippen molar-refractivity contribution in [3.8, 4) is 0 Å². The van der Waals surface area contributed by atoms with Crippen LogP contribution in [0.4, 0.5) is 0 Å². The van der Waals surface area contributed by atoms with E-state index in [1.165, 1.54) is 51.0 Å². The normalized spacial score (nSPS) is 28.9. The van der Waals surface area contributed by atoms with Gasteiger partial charge in [-0.15, -0.1) is 0 Å². The number of aromatic amines is 1. The van der Waals surface area contributed by atoms with Crippen molar-refractivity contribution in [2.24, 2.45) is 0 Å². The number of hydrogen-bond acceptors (Lipinski definition) is 3. The molecule has 1 unspecified atom stereocenters. The van der Waals surface area contributed by atoms with Crippen LogP contribution >= 0.6 is 0 Å². The Bertz CT molecular complexity index is 340. The zero-order valence-corrected chi connectivity index (χ0v) is 10.6. The molecule has 2 aliphatic heterocycles. The van der Waals surface area contributed by atoms with Crippen LogP contribution in [0, 0.1) is 0 Å². The summed E-state index contributed by atoms with van der Waals surface area (Å²) >= 11 is 0. The predicted molar refractivity (Wildman–Crippen MR) is 67.8 cm³/mol. The Hall–Kier alpha value is -0.870. The second kappa shape index (κ2) is 4.78. The maximum absolute atomic E-state index is 4.10. The Morgan fingerprint density at radius 2 is 2.06 bits per heavy atom. The minimum atomic E-state index is 0.589. The van der Waals surface area contributed by atoms with Gasteiger partial charge in [0.15, 0.2) is 0 Å². The molecule has 2 saturated heterocycles. The van der Waals surface area contributed by atoms with Crippen LogP contribution in [0.1, 0.15) is 37.4 Å². The maximum Gasteiger partial charge on any atom is 0.0523 e. The summed E-state index contributed by atoms with van der Waals surface area (Å²) in [4.78, 5) is 5.15. The van der Waals surface area contributed by atoms with Gasteiger partial charge in [-0.2, -0.15) is 5.10 Å². The predicted octanol–water partition coefficient (Wildman–Crippen LogP) is 1.64. The lowest BCUT2D eigenvalue weighted by Gasteiger charge is -2.37. The number of aromatic nitrogens is 2. The van der Waals surface area contributed by atoms with Gasteiger partial charge in [0.2, 0.25) is 0 Å². The van der Waals surface area contributed by atoms with Crippen LogP contribution in [0.3, 0.4) is 0 Å². The summed E-state index contributed by atoms with van der Waals surface area (Å²) in [6.45, 7) is 3.76. The molecule has 4 nitrogen and oxygen atoms in total. The van der Waals surface area contributed by atoms with E-state index >= 15 is 0 Å². The molecule has 0 spiro atoms. The SMILES string of the molecule is CN1CCC(N2CCCC2c2ccn[nH]2)CC1. The molecule has 1 N–H and O–H groups in total. The number of nitrogens with one attached hydrogen (secondary N) is 1. The zero-order chi connectivity index (χ0) is 11.7. The average molecular weight is 234 g/mol. The zero-order valence-electron chi connectivity index (χ0n) is 10.6. The first-order chi connectivity index (χ1) is 8.34. The van der Waals surface area contributed by atoms with Crippen LogP contribution in [0.5, 0.6) is 0 Å². The molecule has 1 atom stereocenters. The van der Waals surface area contributed by atoms with Gasteiger partial charge in [0.05, 0.1) is 11.7 Å². The lowest BCUT2D eigenvalue weighted by molar-refractivity contribution is 0.108. The smallest absolute Gasteiger partial charge is 0.0523 e. The van der Waals surface area contributed by atoms with E-state index in [1.807, 2.05) is 6.20 Å². The van der Waals surface area contributed by atoms with Crippen molar-refractivity contribution >= 4 is 0 Å². The van der Waals surface area contributed by atoms with Gasteiger partial charge in [-0.1, -0.05) is 0 Å². The molecular weight excluding hydrogens is 212 g/mol. The molecule has 0 amide bonds. The van der Waals surface area contributed by atoms with Crippen molar-refractivity contribution in [1.82, 2.24) is 20.0 Å². The van der Waals surface area contributed by atoms with Crippen LogP contribution < -0.4 is 0 Å². The molecule has 3 heterocycles. The standard InChI is InChI=1S/C13H22N4/c1-16-9-5-11(6-10-16)17-8-2-3-13(17)12-4-7-14-15-12/h4,7,11,13H,2-3,5-6,8-10H2,1H3,(H,14,15). The fraction of sp³-hybridized carbons (Fsp3) is 0.769. The number of nitrogens with zero attached hydrogens (tertiary/aromatic N) is 3. The van der Waals surface area contributed by atoms with Gasteiger partial charge < -0.3 is 4.90 Å². The highest BCUT2D eigenvalue weighted by atomic mass is 15.3. The van der Waals surface area contributed by atoms with Crippen molar-refractivity contribution in [3.05, 3.63) is 18.0 Å². The molecule has 1 aromatic rings. The number of piperidine rings is 1. The summed E-state index contributed by atoms with van der Waals surface area (Å²) < 4.78 is 0. The van der Waals surface area contributed by atoms with Gasteiger partial charge in [-0.05, 0) is 58.4 Å². The summed E-state index contributed by atoms with van der Waals surface area (Å²) in [7, 11) is 2.23. The van der Waals surface area contributed by atoms with E-state index in [4.69, 9.17) is 0 Å². The fourth-order valence-corrected chi connectivity index (χ4v) is 3.34. The third-order valence-electron chi connectivity index (χ3n) is 4.33. The topological polar surface area (TPSA) is 35.2 Å². The molecule has 0 saturated carbocycles. The molecule has 17 heavy (non-hydrogen) atoms. The van der Waals surface area contributed by atoms with Crippen LogP contribution in [0.25, 0.3) is 0 Å². The van der Waals surface area contributed by atoms with E-state index < -0.39 is 0 Å². The summed E-state index contributed by atoms with van der Waals surface area (Å²) in [5, 5.41) is 7.25. The number of likely N-dealkylation sites (tertiary alicyclic amines) is 2. The van der Waals surface area contributed by atoms with Crippen LogP contribution in [0.15, 0.2) is 12.3 Å². The molecule has 0 aromatic carbocycles. The molecule has 3 rings (SSSR count). The van der Waals surface area contributed by atoms with Gasteiger partial charge in [0.1, 0.15) is 0 Å². The van der Waals surface area contributed by atoms with Gasteiger partial charge in [0, 0.05) is 12.2 Å². The second-order valence-corrected chi connectivity index (χ2v) is 5.44. The lowest BCUT2D eigenvalue weighted by atomic mass is 10.0. The van der Waals surface area contributed by atoms with E-state index in [2.05, 4.69) is 33.1 Å². The van der Waals surface area contributed by atoms with Gasteiger partial charge in [-0.3, -0.25) is 10.00 Å². The molecule has 4 heteroatoms. The quantitative estimate of drug-likeness (QED) is 0.845. The number of rotatable bonds is 2. The summed E-state index contributed by atoms with van der Waals surface area (Å²) in [5.74, 6) is 0. The largest absolute Gasteiger partial charge is 0.306 e. The molecule has 1 aromatic heterocycles. The van der Waals surface area contributed by atoms with E-state index in [1.54, 1.807) is 0 Å². The van der Waals surface area contributed by atoms with Crippen LogP contribution in [0.2, 0.25) is 0 Å². The molecule has 2 fully saturated rings. The van der Waals surface area contributed by atoms with Gasteiger partial charge >= 0.3 is 0 Å². The maximum atomic E-state index is 4.10. The highest BCUT2D eigenvalue weighted by Gasteiger charge is 2.33. The van der Waals surface area contributed by atoms with E-state index in [-0.39, 0.29) is 0 Å². The Morgan fingerprint density at radius 3 is 2.76 bits per heavy atom. The fourth-order valence-electron chi connectivity index (χ4n) is 3.34. The average Bonchev–Trinajstić information content (AvgIpc) is 3.00. The minimum absolute atomic E-state index is 0.589. The molecular formula is C13H22N4. The Balaban J connectivity index is 1.69. The number of H-pyrrole nitrogens is 1. The van der Waals surface area contributed by atoms with Crippen LogP contribution in [-0.4, -0.2) is 52.7 Å². The molecule has 0 bridgehead atoms. The van der Waals surface area contributed by atoms with Crippen molar-refractivity contribution in [2.45, 2.75) is 37.8 Å². The lowest BCUT2D eigenvalue weighted by Crippen LogP contribution is -2.43. The van der Waals surface area contributed by atoms with Gasteiger partial charge in [-0.25, -0.2) is 0 Å². The van der Waals surface area contributed by atoms with Crippen LogP contribution in [-0.2, 0) is 0 Å². The van der Waals surface area contributed by atoms with Crippen molar-refractivity contribution in [3.63, 3.8) is 0 Å². The monoisotopic (exact) mass is 234 g/mol. The first-order valence-electron chi connectivity index (χ1n) is 6.78. The molecule has 94 valence electrons. The second-order valence-electron chi connectivity index (χ2n) is 5.44. The van der Waals surface area contributed by atoms with Crippen molar-refractivity contribution in [1.29, 1.82) is 0 Å². The number of hydrogen-bond donors (Lipinski definition) is 1. The van der Waals surface area contributed by atoms with Crippen molar-refractivity contribution in [2.75, 3.05) is 26.7 Å². The van der Waals surface area contributed by atoms with E-state index in [0.29, 0.717) is 6.04 Å². The van der Waals surface area contributed by atoms with E-state index in [0.717, 1.165) is 6.04 Å².